The third-order valence-electron chi connectivity index (χ3n) is 7.53. The summed E-state index contributed by atoms with van der Waals surface area (Å²) in [6.07, 6.45) is 6.56. The molecule has 184 valence electrons. The molecule has 0 bridgehead atoms. The van der Waals surface area contributed by atoms with E-state index in [1.807, 2.05) is 31.2 Å². The maximum Gasteiger partial charge on any atom is 0.255 e. The number of aromatic nitrogens is 4. The molecule has 3 aromatic rings. The standard InChI is InChI=1S/C27H34N6O2/c1-17-14-31(15-18(2)35-17)16-21-7-6-12-32(21)27(34)22-13-23(20-9-10-20)29-26-25(22)19(3)30-33(26)24-8-4-5-11-28-24/h4-5,8,11,13,17-18,20-21H,6-7,9-10,12,14-16H2,1-3H3. The van der Waals surface area contributed by atoms with Gasteiger partial charge in [0.05, 0.1) is 28.9 Å². The molecule has 3 aliphatic rings. The number of amides is 1. The Morgan fingerprint density at radius 1 is 1.14 bits per heavy atom. The Hall–Kier alpha value is -2.84. The van der Waals surface area contributed by atoms with Gasteiger partial charge in [0, 0.05) is 50.0 Å². The van der Waals surface area contributed by atoms with Crippen molar-refractivity contribution in [1.29, 1.82) is 0 Å². The summed E-state index contributed by atoms with van der Waals surface area (Å²) in [5.41, 5.74) is 3.30. The van der Waals surface area contributed by atoms with Gasteiger partial charge < -0.3 is 9.64 Å². The number of hydrogen-bond acceptors (Lipinski definition) is 6. The Labute approximate surface area is 206 Å². The molecule has 1 saturated carbocycles. The first-order chi connectivity index (χ1) is 17.0. The van der Waals surface area contributed by atoms with Crippen LogP contribution in [0.25, 0.3) is 16.9 Å². The second-order valence-electron chi connectivity index (χ2n) is 10.5. The van der Waals surface area contributed by atoms with E-state index in [0.29, 0.717) is 5.92 Å². The molecule has 3 aromatic heterocycles. The minimum Gasteiger partial charge on any atom is -0.373 e. The topological polar surface area (TPSA) is 76.4 Å². The van der Waals surface area contributed by atoms with Crippen molar-refractivity contribution in [3.63, 3.8) is 0 Å². The van der Waals surface area contributed by atoms with E-state index in [9.17, 15) is 4.79 Å². The molecule has 2 aliphatic heterocycles. The Kier molecular flexibility index (Phi) is 5.81. The summed E-state index contributed by atoms with van der Waals surface area (Å²) in [6.45, 7) is 9.78. The average Bonchev–Trinajstić information content (AvgIpc) is 3.51. The normalized spacial score (nSPS) is 25.5. The third kappa shape index (κ3) is 4.34. The predicted octanol–water partition coefficient (Wildman–Crippen LogP) is 3.72. The van der Waals surface area contributed by atoms with Crippen LogP contribution in [0.15, 0.2) is 30.5 Å². The number of likely N-dealkylation sites (tertiary alicyclic amines) is 1. The van der Waals surface area contributed by atoms with Crippen molar-refractivity contribution >= 4 is 16.9 Å². The summed E-state index contributed by atoms with van der Waals surface area (Å²) < 4.78 is 7.72. The predicted molar refractivity (Wildman–Crippen MR) is 134 cm³/mol. The van der Waals surface area contributed by atoms with Gasteiger partial charge in [0.1, 0.15) is 0 Å². The van der Waals surface area contributed by atoms with Crippen LogP contribution >= 0.6 is 0 Å². The molecule has 3 atom stereocenters. The molecule has 3 unspecified atom stereocenters. The fraction of sp³-hybridized carbons (Fsp3) is 0.556. The van der Waals surface area contributed by atoms with E-state index in [-0.39, 0.29) is 24.2 Å². The molecule has 3 fully saturated rings. The van der Waals surface area contributed by atoms with Crippen molar-refractivity contribution in [3.8, 4) is 5.82 Å². The molecule has 6 rings (SSSR count). The van der Waals surface area contributed by atoms with Crippen LogP contribution in [0.2, 0.25) is 0 Å². The Morgan fingerprint density at radius 3 is 2.66 bits per heavy atom. The van der Waals surface area contributed by atoms with E-state index >= 15 is 0 Å². The molecule has 8 nitrogen and oxygen atoms in total. The van der Waals surface area contributed by atoms with Gasteiger partial charge in [0.15, 0.2) is 11.5 Å². The van der Waals surface area contributed by atoms with Crippen molar-refractivity contribution in [2.24, 2.45) is 0 Å². The summed E-state index contributed by atoms with van der Waals surface area (Å²) in [4.78, 5) is 28.2. The van der Waals surface area contributed by atoms with Crippen LogP contribution in [0, 0.1) is 6.92 Å². The Morgan fingerprint density at radius 2 is 1.94 bits per heavy atom. The molecule has 0 radical (unpaired) electrons. The Bertz CT molecular complexity index is 1230. The maximum absolute atomic E-state index is 14.1. The minimum absolute atomic E-state index is 0.111. The lowest BCUT2D eigenvalue weighted by molar-refractivity contribution is -0.0715. The first-order valence-corrected chi connectivity index (χ1v) is 13.0. The number of hydrogen-bond donors (Lipinski definition) is 0. The third-order valence-corrected chi connectivity index (χ3v) is 7.53. The number of nitrogens with zero attached hydrogens (tertiary/aromatic N) is 6. The largest absolute Gasteiger partial charge is 0.373 e. The number of pyridine rings is 2. The van der Waals surface area contributed by atoms with Crippen molar-refractivity contribution in [2.45, 2.75) is 70.6 Å². The molecule has 0 aromatic carbocycles. The highest BCUT2D eigenvalue weighted by Crippen LogP contribution is 2.41. The molecule has 0 N–H and O–H groups in total. The number of fused-ring (bicyclic) bond motifs is 1. The van der Waals surface area contributed by atoms with Gasteiger partial charge in [-0.15, -0.1) is 0 Å². The first-order valence-electron chi connectivity index (χ1n) is 13.0. The van der Waals surface area contributed by atoms with Crippen molar-refractivity contribution < 1.29 is 9.53 Å². The van der Waals surface area contributed by atoms with E-state index < -0.39 is 0 Å². The zero-order valence-corrected chi connectivity index (χ0v) is 20.9. The van der Waals surface area contributed by atoms with Gasteiger partial charge in [-0.3, -0.25) is 9.69 Å². The monoisotopic (exact) mass is 474 g/mol. The Balaban J connectivity index is 1.36. The molecule has 0 spiro atoms. The van der Waals surface area contributed by atoms with Crippen LogP contribution in [-0.4, -0.2) is 79.9 Å². The quantitative estimate of drug-likeness (QED) is 0.561. The fourth-order valence-electron chi connectivity index (χ4n) is 5.88. The van der Waals surface area contributed by atoms with E-state index in [1.165, 1.54) is 0 Å². The van der Waals surface area contributed by atoms with Crippen LogP contribution < -0.4 is 0 Å². The fourth-order valence-corrected chi connectivity index (χ4v) is 5.88. The minimum atomic E-state index is 0.111. The smallest absolute Gasteiger partial charge is 0.255 e. The number of carbonyl (C=O) groups excluding carboxylic acids is 1. The lowest BCUT2D eigenvalue weighted by Gasteiger charge is -2.38. The van der Waals surface area contributed by atoms with Crippen molar-refractivity contribution in [3.05, 3.63) is 47.4 Å². The molecular weight excluding hydrogens is 440 g/mol. The van der Waals surface area contributed by atoms with E-state index in [2.05, 4.69) is 28.6 Å². The van der Waals surface area contributed by atoms with Crippen molar-refractivity contribution in [1.82, 2.24) is 29.5 Å². The number of aryl methyl sites for hydroxylation is 1. The molecule has 2 saturated heterocycles. The van der Waals surface area contributed by atoms with Crippen LogP contribution in [-0.2, 0) is 4.74 Å². The van der Waals surface area contributed by atoms with Gasteiger partial charge in [-0.05, 0) is 64.7 Å². The molecular formula is C27H34N6O2. The molecule has 8 heteroatoms. The van der Waals surface area contributed by atoms with Crippen LogP contribution in [0.3, 0.4) is 0 Å². The molecule has 1 amide bonds. The molecule has 5 heterocycles. The molecule has 1 aliphatic carbocycles. The van der Waals surface area contributed by atoms with E-state index in [0.717, 1.165) is 85.7 Å². The first kappa shape index (κ1) is 22.6. The van der Waals surface area contributed by atoms with Crippen LogP contribution in [0.4, 0.5) is 0 Å². The van der Waals surface area contributed by atoms with Crippen LogP contribution in [0.1, 0.15) is 67.2 Å². The zero-order valence-electron chi connectivity index (χ0n) is 20.9. The summed E-state index contributed by atoms with van der Waals surface area (Å²) >= 11 is 0. The van der Waals surface area contributed by atoms with Gasteiger partial charge >= 0.3 is 0 Å². The molecule has 35 heavy (non-hydrogen) atoms. The van der Waals surface area contributed by atoms with Gasteiger partial charge in [0.25, 0.3) is 5.91 Å². The van der Waals surface area contributed by atoms with Gasteiger partial charge in [-0.2, -0.15) is 9.78 Å². The second kappa shape index (κ2) is 8.99. The highest BCUT2D eigenvalue weighted by molar-refractivity contribution is 6.07. The summed E-state index contributed by atoms with van der Waals surface area (Å²) in [5, 5.41) is 5.63. The summed E-state index contributed by atoms with van der Waals surface area (Å²) in [5.74, 6) is 1.27. The maximum atomic E-state index is 14.1. The van der Waals surface area contributed by atoms with E-state index in [1.54, 1.807) is 10.9 Å². The number of morpholine rings is 1. The SMILES string of the molecule is Cc1nn(-c2ccccn2)c2nc(C3CC3)cc(C(=O)N3CCCC3CN3CC(C)OC(C)C3)c12. The van der Waals surface area contributed by atoms with Gasteiger partial charge in [-0.25, -0.2) is 9.97 Å². The number of ether oxygens (including phenoxy) is 1. The zero-order chi connectivity index (χ0) is 24.1. The number of carbonyl (C=O) groups is 1. The van der Waals surface area contributed by atoms with Crippen LogP contribution in [0.5, 0.6) is 0 Å². The average molecular weight is 475 g/mol. The highest BCUT2D eigenvalue weighted by atomic mass is 16.5. The lowest BCUT2D eigenvalue weighted by atomic mass is 10.1. The second-order valence-corrected chi connectivity index (χ2v) is 10.5. The van der Waals surface area contributed by atoms with Crippen molar-refractivity contribution in [2.75, 3.05) is 26.2 Å². The van der Waals surface area contributed by atoms with Gasteiger partial charge in [0.2, 0.25) is 0 Å². The summed E-state index contributed by atoms with van der Waals surface area (Å²) in [6, 6.07) is 8.04. The highest BCUT2D eigenvalue weighted by Gasteiger charge is 2.35. The number of rotatable bonds is 5. The van der Waals surface area contributed by atoms with Gasteiger partial charge in [-0.1, -0.05) is 6.07 Å². The lowest BCUT2D eigenvalue weighted by Crippen LogP contribution is -2.51. The van der Waals surface area contributed by atoms with E-state index in [4.69, 9.17) is 14.8 Å². The summed E-state index contributed by atoms with van der Waals surface area (Å²) in [7, 11) is 0.